The second-order valence-electron chi connectivity index (χ2n) is 5.30. The van der Waals surface area contributed by atoms with Gasteiger partial charge in [-0.25, -0.2) is 4.98 Å². The molecule has 0 unspecified atom stereocenters. The van der Waals surface area contributed by atoms with E-state index in [1.54, 1.807) is 0 Å². The fraction of sp³-hybridized carbons (Fsp3) is 0.0500. The molecule has 0 aliphatic rings. The van der Waals surface area contributed by atoms with Gasteiger partial charge in [-0.2, -0.15) is 0 Å². The summed E-state index contributed by atoms with van der Waals surface area (Å²) >= 11 is 0. The van der Waals surface area contributed by atoms with Gasteiger partial charge in [0.1, 0.15) is 0 Å². The highest BCUT2D eigenvalue weighted by atomic mass is 14.7. The van der Waals surface area contributed by atoms with Crippen LogP contribution in [0.25, 0.3) is 38.7 Å². The number of fused-ring (bicyclic) bond motifs is 4. The van der Waals surface area contributed by atoms with E-state index in [1.807, 2.05) is 6.92 Å². The summed E-state index contributed by atoms with van der Waals surface area (Å²) in [7, 11) is 0. The van der Waals surface area contributed by atoms with Crippen molar-refractivity contribution in [3.8, 4) is 0 Å². The Kier molecular flexibility index (Phi) is 2.71. The molecule has 0 amide bonds. The van der Waals surface area contributed by atoms with Crippen LogP contribution in [0.2, 0.25) is 0 Å². The first kappa shape index (κ1) is 12.1. The Hall–Kier alpha value is -2.67. The average molecular weight is 269 g/mol. The molecule has 0 atom stereocenters. The minimum atomic E-state index is 1.05. The van der Waals surface area contributed by atoms with E-state index in [1.165, 1.54) is 27.1 Å². The van der Waals surface area contributed by atoms with Gasteiger partial charge < -0.3 is 0 Å². The lowest BCUT2D eigenvalue weighted by Crippen LogP contribution is -1.85. The lowest BCUT2D eigenvalue weighted by molar-refractivity contribution is 1.51. The van der Waals surface area contributed by atoms with Crippen molar-refractivity contribution in [2.75, 3.05) is 0 Å². The maximum atomic E-state index is 4.88. The van der Waals surface area contributed by atoms with Crippen molar-refractivity contribution in [1.82, 2.24) is 4.98 Å². The zero-order valence-electron chi connectivity index (χ0n) is 11.9. The predicted molar refractivity (Wildman–Crippen MR) is 91.5 cm³/mol. The Morgan fingerprint density at radius 2 is 1.67 bits per heavy atom. The van der Waals surface area contributed by atoms with Crippen molar-refractivity contribution >= 4 is 38.7 Å². The first-order valence-corrected chi connectivity index (χ1v) is 7.20. The number of rotatable bonds is 1. The number of hydrogen-bond acceptors (Lipinski definition) is 1. The Balaban J connectivity index is 2.09. The molecular weight excluding hydrogens is 254 g/mol. The fourth-order valence-corrected chi connectivity index (χ4v) is 2.89. The lowest BCUT2D eigenvalue weighted by atomic mass is 10.0. The van der Waals surface area contributed by atoms with Crippen LogP contribution in [-0.4, -0.2) is 4.98 Å². The molecule has 21 heavy (non-hydrogen) atoms. The summed E-state index contributed by atoms with van der Waals surface area (Å²) in [5.41, 5.74) is 3.35. The van der Waals surface area contributed by atoms with Crippen molar-refractivity contribution in [2.45, 2.75) is 6.92 Å². The van der Waals surface area contributed by atoms with Crippen LogP contribution in [0, 0.1) is 0 Å². The maximum absolute atomic E-state index is 4.88. The molecule has 1 heteroatoms. The summed E-state index contributed by atoms with van der Waals surface area (Å²) < 4.78 is 0. The fourth-order valence-electron chi connectivity index (χ4n) is 2.89. The summed E-state index contributed by atoms with van der Waals surface area (Å²) in [5, 5.41) is 4.84. The Morgan fingerprint density at radius 1 is 0.810 bits per heavy atom. The van der Waals surface area contributed by atoms with E-state index in [9.17, 15) is 0 Å². The van der Waals surface area contributed by atoms with Crippen LogP contribution in [-0.2, 0) is 0 Å². The highest BCUT2D eigenvalue weighted by molar-refractivity contribution is 6.08. The molecule has 0 saturated heterocycles. The zero-order chi connectivity index (χ0) is 14.2. The van der Waals surface area contributed by atoms with E-state index in [0.29, 0.717) is 0 Å². The first-order valence-electron chi connectivity index (χ1n) is 7.20. The van der Waals surface area contributed by atoms with E-state index in [-0.39, 0.29) is 0 Å². The minimum Gasteiger partial charge on any atom is -0.247 e. The molecule has 3 aromatic carbocycles. The molecule has 1 aromatic heterocycles. The van der Waals surface area contributed by atoms with Gasteiger partial charge in [0, 0.05) is 16.2 Å². The van der Waals surface area contributed by atoms with Crippen LogP contribution >= 0.6 is 0 Å². The number of nitrogens with zero attached hydrogens (tertiary/aromatic N) is 1. The Bertz CT molecular complexity index is 996. The summed E-state index contributed by atoms with van der Waals surface area (Å²) in [6, 6.07) is 21.4. The topological polar surface area (TPSA) is 12.9 Å². The number of benzene rings is 3. The van der Waals surface area contributed by atoms with Crippen molar-refractivity contribution in [1.29, 1.82) is 0 Å². The van der Waals surface area contributed by atoms with Crippen molar-refractivity contribution in [3.63, 3.8) is 0 Å². The van der Waals surface area contributed by atoms with Crippen molar-refractivity contribution < 1.29 is 0 Å². The molecule has 0 radical (unpaired) electrons. The molecule has 1 heterocycles. The van der Waals surface area contributed by atoms with E-state index >= 15 is 0 Å². The monoisotopic (exact) mass is 269 g/mol. The van der Waals surface area contributed by atoms with Crippen LogP contribution in [0.3, 0.4) is 0 Å². The Labute approximate surface area is 123 Å². The zero-order valence-corrected chi connectivity index (χ0v) is 11.9. The molecule has 0 aliphatic heterocycles. The molecule has 100 valence electrons. The summed E-state index contributed by atoms with van der Waals surface area (Å²) in [6.07, 6.45) is 4.17. The highest BCUT2D eigenvalue weighted by Gasteiger charge is 2.04. The van der Waals surface area contributed by atoms with Crippen molar-refractivity contribution in [3.05, 3.63) is 72.3 Å². The third kappa shape index (κ3) is 1.98. The van der Waals surface area contributed by atoms with Crippen LogP contribution in [0.15, 0.2) is 66.7 Å². The van der Waals surface area contributed by atoms with Gasteiger partial charge in [0.15, 0.2) is 0 Å². The van der Waals surface area contributed by atoms with Crippen LogP contribution in [0.4, 0.5) is 0 Å². The van der Waals surface area contributed by atoms with Gasteiger partial charge in [-0.3, -0.25) is 0 Å². The van der Waals surface area contributed by atoms with Crippen LogP contribution in [0.1, 0.15) is 12.5 Å². The number of pyridine rings is 1. The van der Waals surface area contributed by atoms with Gasteiger partial charge in [0.25, 0.3) is 0 Å². The van der Waals surface area contributed by atoms with E-state index in [0.717, 1.165) is 11.0 Å². The Morgan fingerprint density at radius 3 is 2.57 bits per heavy atom. The largest absolute Gasteiger partial charge is 0.247 e. The van der Waals surface area contributed by atoms with Gasteiger partial charge in [0.2, 0.25) is 0 Å². The highest BCUT2D eigenvalue weighted by Crippen LogP contribution is 2.27. The SMILES string of the molecule is CC=Cc1ccc2nc3c(ccc4ccccc43)cc2c1. The van der Waals surface area contributed by atoms with Gasteiger partial charge in [-0.15, -0.1) is 0 Å². The van der Waals surface area contributed by atoms with Gasteiger partial charge >= 0.3 is 0 Å². The van der Waals surface area contributed by atoms with Gasteiger partial charge in [-0.1, -0.05) is 54.6 Å². The molecule has 0 aliphatic carbocycles. The maximum Gasteiger partial charge on any atom is 0.0788 e. The predicted octanol–water partition coefficient (Wildman–Crippen LogP) is 5.57. The standard InChI is InChI=1S/C20H15N/c1-2-5-14-8-11-19-17(12-14)13-16-10-9-15-6-3-4-7-18(15)20(16)21-19/h2-13H,1H3. The second kappa shape index (κ2) is 4.71. The third-order valence-corrected chi connectivity index (χ3v) is 3.89. The smallest absolute Gasteiger partial charge is 0.0788 e. The van der Waals surface area contributed by atoms with Crippen LogP contribution < -0.4 is 0 Å². The number of hydrogen-bond donors (Lipinski definition) is 0. The number of allylic oxidation sites excluding steroid dienone is 1. The van der Waals surface area contributed by atoms with E-state index in [2.05, 4.69) is 72.8 Å². The molecule has 0 bridgehead atoms. The lowest BCUT2D eigenvalue weighted by Gasteiger charge is -2.06. The molecule has 1 nitrogen and oxygen atoms in total. The molecular formula is C20H15N. The quantitative estimate of drug-likeness (QED) is 0.325. The van der Waals surface area contributed by atoms with E-state index < -0.39 is 0 Å². The molecule has 0 N–H and O–H groups in total. The average Bonchev–Trinajstić information content (AvgIpc) is 2.53. The molecule has 0 spiro atoms. The first-order chi connectivity index (χ1) is 10.3. The molecule has 4 aromatic rings. The number of aromatic nitrogens is 1. The second-order valence-corrected chi connectivity index (χ2v) is 5.30. The normalized spacial score (nSPS) is 11.9. The third-order valence-electron chi connectivity index (χ3n) is 3.89. The van der Waals surface area contributed by atoms with Crippen molar-refractivity contribution in [2.24, 2.45) is 0 Å². The minimum absolute atomic E-state index is 1.05. The summed E-state index contributed by atoms with van der Waals surface area (Å²) in [5.74, 6) is 0. The van der Waals surface area contributed by atoms with Gasteiger partial charge in [0.05, 0.1) is 11.0 Å². The van der Waals surface area contributed by atoms with E-state index in [4.69, 9.17) is 4.98 Å². The molecule has 0 saturated carbocycles. The molecule has 4 rings (SSSR count). The van der Waals surface area contributed by atoms with Crippen LogP contribution in [0.5, 0.6) is 0 Å². The summed E-state index contributed by atoms with van der Waals surface area (Å²) in [6.45, 7) is 2.04. The van der Waals surface area contributed by atoms with Gasteiger partial charge in [-0.05, 0) is 36.1 Å². The molecule has 0 fully saturated rings. The summed E-state index contributed by atoms with van der Waals surface area (Å²) in [4.78, 5) is 4.88.